The Morgan fingerprint density at radius 1 is 0.882 bits per heavy atom. The molecule has 7 unspecified atom stereocenters. The van der Waals surface area contributed by atoms with Gasteiger partial charge in [-0.05, 0) is 142 Å². The summed E-state index contributed by atoms with van der Waals surface area (Å²) in [5.41, 5.74) is 4.08. The highest BCUT2D eigenvalue weighted by atomic mass is 16.1. The van der Waals surface area contributed by atoms with E-state index in [1.54, 1.807) is 0 Å². The summed E-state index contributed by atoms with van der Waals surface area (Å²) < 4.78 is 0. The first-order valence-electron chi connectivity index (χ1n) is 22.4. The Balaban J connectivity index is 0.00000167. The van der Waals surface area contributed by atoms with Crippen molar-refractivity contribution in [2.24, 2.45) is 51.2 Å². The normalized spacial score (nSPS) is 29.5. The monoisotopic (exact) mass is 714 g/mol. The molecule has 0 bridgehead atoms. The van der Waals surface area contributed by atoms with Crippen LogP contribution in [0.2, 0.25) is 0 Å². The van der Waals surface area contributed by atoms with Gasteiger partial charge in [0.2, 0.25) is 0 Å². The van der Waals surface area contributed by atoms with Crippen molar-refractivity contribution in [1.29, 1.82) is 0 Å². The van der Waals surface area contributed by atoms with Crippen molar-refractivity contribution in [2.75, 3.05) is 6.54 Å². The second-order valence-corrected chi connectivity index (χ2v) is 19.5. The van der Waals surface area contributed by atoms with Crippen LogP contribution in [0.4, 0.5) is 0 Å². The highest BCUT2D eigenvalue weighted by Crippen LogP contribution is 2.66. The van der Waals surface area contributed by atoms with Gasteiger partial charge in [-0.3, -0.25) is 0 Å². The summed E-state index contributed by atoms with van der Waals surface area (Å²) in [7, 11) is 0. The van der Waals surface area contributed by atoms with Crippen molar-refractivity contribution in [2.45, 2.75) is 225 Å². The second-order valence-electron chi connectivity index (χ2n) is 19.5. The second kappa shape index (κ2) is 25.2. The van der Waals surface area contributed by atoms with E-state index in [-0.39, 0.29) is 0 Å². The average molecular weight is 714 g/mol. The van der Waals surface area contributed by atoms with Crippen molar-refractivity contribution in [3.8, 4) is 0 Å². The molecule has 4 aliphatic carbocycles. The number of allylic oxidation sites excluding steroid dienone is 1. The molecule has 0 amide bonds. The number of carbonyl (C=O) groups is 1. The summed E-state index contributed by atoms with van der Waals surface area (Å²) in [5.74, 6) is 4.83. The largest absolute Gasteiger partial charge is 0.314 e. The molecule has 0 aromatic rings. The maximum atomic E-state index is 8.81. The molecule has 1 N–H and O–H groups in total. The SMILES string of the molecule is C=C.CC.CC=O.CCC(C)(C)C.CCCCC(C)(C)CCCCNC1CCC2(C)C(=CCC3C2CCC2(C)C(CCCCC(C)C)CCC32)C1. The quantitative estimate of drug-likeness (QED) is 0.110. The first kappa shape index (κ1) is 50.1. The van der Waals surface area contributed by atoms with Gasteiger partial charge in [-0.1, -0.05) is 147 Å². The summed E-state index contributed by atoms with van der Waals surface area (Å²) in [6, 6.07) is 0.731. The van der Waals surface area contributed by atoms with Crippen LogP contribution in [0.25, 0.3) is 0 Å². The number of aldehydes is 1. The highest BCUT2D eigenvalue weighted by Gasteiger charge is 2.58. The summed E-state index contributed by atoms with van der Waals surface area (Å²) >= 11 is 0. The number of hydrogen-bond acceptors (Lipinski definition) is 2. The minimum Gasteiger partial charge on any atom is -0.314 e. The Labute approximate surface area is 323 Å². The summed E-state index contributed by atoms with van der Waals surface area (Å²) in [5, 5.41) is 4.01. The fourth-order valence-corrected chi connectivity index (χ4v) is 10.2. The van der Waals surface area contributed by atoms with Crippen LogP contribution in [-0.2, 0) is 4.79 Å². The Hall–Kier alpha value is -0.890. The van der Waals surface area contributed by atoms with Gasteiger partial charge in [-0.2, -0.15) is 0 Å². The molecule has 3 saturated carbocycles. The molecular weight excluding hydrogens is 619 g/mol. The number of rotatable bonds is 14. The van der Waals surface area contributed by atoms with E-state index >= 15 is 0 Å². The Morgan fingerprint density at radius 3 is 2.06 bits per heavy atom. The van der Waals surface area contributed by atoms with Gasteiger partial charge in [-0.25, -0.2) is 0 Å². The van der Waals surface area contributed by atoms with Crippen molar-refractivity contribution < 1.29 is 4.79 Å². The van der Waals surface area contributed by atoms with E-state index in [1.807, 2.05) is 19.4 Å². The lowest BCUT2D eigenvalue weighted by molar-refractivity contribution is -0.106. The van der Waals surface area contributed by atoms with E-state index in [9.17, 15) is 0 Å². The fourth-order valence-electron chi connectivity index (χ4n) is 10.2. The molecule has 4 aliphatic rings. The van der Waals surface area contributed by atoms with Gasteiger partial charge in [0, 0.05) is 6.04 Å². The predicted molar refractivity (Wildman–Crippen MR) is 232 cm³/mol. The third-order valence-electron chi connectivity index (χ3n) is 13.9. The summed E-state index contributed by atoms with van der Waals surface area (Å²) in [6.07, 6.45) is 30.6. The van der Waals surface area contributed by atoms with E-state index in [0.717, 1.165) is 41.9 Å². The molecule has 0 heterocycles. The standard InChI is InChI=1S/C37H67N.C6H14.C2H4O.C2H6.C2H4/c1-8-9-22-35(4,5)23-12-13-26-38-31-20-24-37(7)30(27-31)16-18-32-33-19-17-29(15-11-10-14-28(2)3)36(33,6)25-21-34(32)37;1-5-6(2,3)4;1-2-3;2*1-2/h16,28-29,31-34,38H,8-15,17-27H2,1-7H3;5H2,1-4H3;2H,1H3;1-2H3;1-2H2. The number of hydrogen-bond donors (Lipinski definition) is 1. The molecule has 7 atom stereocenters. The van der Waals surface area contributed by atoms with Gasteiger partial charge < -0.3 is 10.1 Å². The first-order valence-corrected chi connectivity index (χ1v) is 22.4. The van der Waals surface area contributed by atoms with E-state index in [4.69, 9.17) is 4.79 Å². The van der Waals surface area contributed by atoms with Crippen LogP contribution < -0.4 is 5.32 Å². The van der Waals surface area contributed by atoms with E-state index < -0.39 is 0 Å². The number of fused-ring (bicyclic) bond motifs is 5. The lowest BCUT2D eigenvalue weighted by Crippen LogP contribution is -2.51. The molecule has 2 heteroatoms. The van der Waals surface area contributed by atoms with Crippen LogP contribution in [0.1, 0.15) is 219 Å². The van der Waals surface area contributed by atoms with Crippen molar-refractivity contribution in [3.63, 3.8) is 0 Å². The van der Waals surface area contributed by atoms with E-state index in [2.05, 4.69) is 101 Å². The smallest absolute Gasteiger partial charge is 0.116 e. The van der Waals surface area contributed by atoms with Crippen LogP contribution >= 0.6 is 0 Å². The predicted octanol–water partition coefficient (Wildman–Crippen LogP) is 15.6. The molecule has 0 aromatic heterocycles. The van der Waals surface area contributed by atoms with Crippen LogP contribution in [0.5, 0.6) is 0 Å². The van der Waals surface area contributed by atoms with Crippen LogP contribution in [0.3, 0.4) is 0 Å². The Bertz CT molecular complexity index is 925. The average Bonchev–Trinajstić information content (AvgIpc) is 3.43. The Morgan fingerprint density at radius 2 is 1.49 bits per heavy atom. The van der Waals surface area contributed by atoms with Crippen LogP contribution in [0.15, 0.2) is 24.8 Å². The van der Waals surface area contributed by atoms with Gasteiger partial charge >= 0.3 is 0 Å². The zero-order valence-electron chi connectivity index (χ0n) is 37.6. The number of unbranched alkanes of at least 4 members (excludes halogenated alkanes) is 3. The zero-order valence-corrected chi connectivity index (χ0v) is 37.6. The van der Waals surface area contributed by atoms with Crippen molar-refractivity contribution in [1.82, 2.24) is 5.32 Å². The van der Waals surface area contributed by atoms with Crippen molar-refractivity contribution >= 4 is 6.29 Å². The lowest BCUT2D eigenvalue weighted by Gasteiger charge is -2.58. The molecule has 0 aliphatic heterocycles. The van der Waals surface area contributed by atoms with Gasteiger partial charge in [0.25, 0.3) is 0 Å². The van der Waals surface area contributed by atoms with Gasteiger partial charge in [-0.15, -0.1) is 13.2 Å². The van der Waals surface area contributed by atoms with Gasteiger partial charge in [0.15, 0.2) is 0 Å². The fraction of sp³-hybridized carbons (Fsp3) is 0.898. The number of carbonyl (C=O) groups excluding carboxylic acids is 1. The molecule has 51 heavy (non-hydrogen) atoms. The van der Waals surface area contributed by atoms with Crippen LogP contribution in [0, 0.1) is 51.2 Å². The molecule has 0 saturated heterocycles. The lowest BCUT2D eigenvalue weighted by atomic mass is 9.47. The summed E-state index contributed by atoms with van der Waals surface area (Å²) in [4.78, 5) is 8.81. The summed E-state index contributed by atoms with van der Waals surface area (Å²) in [6.45, 7) is 39.1. The third-order valence-corrected chi connectivity index (χ3v) is 13.9. The topological polar surface area (TPSA) is 29.1 Å². The third kappa shape index (κ3) is 16.6. The molecule has 2 nitrogen and oxygen atoms in total. The highest BCUT2D eigenvalue weighted by molar-refractivity contribution is 5.44. The molecule has 302 valence electrons. The Kier molecular flexibility index (Phi) is 24.8. The molecule has 3 fully saturated rings. The number of nitrogens with one attached hydrogen (secondary N) is 1. The minimum absolute atomic E-state index is 0.501. The maximum Gasteiger partial charge on any atom is 0.116 e. The molecule has 0 aromatic carbocycles. The van der Waals surface area contributed by atoms with E-state index in [0.29, 0.717) is 21.7 Å². The van der Waals surface area contributed by atoms with Gasteiger partial charge in [0.1, 0.15) is 6.29 Å². The van der Waals surface area contributed by atoms with E-state index in [1.165, 1.54) is 135 Å². The molecule has 0 spiro atoms. The maximum absolute atomic E-state index is 8.81. The molecular formula is C49H95NO. The minimum atomic E-state index is 0.501. The van der Waals surface area contributed by atoms with Crippen LogP contribution in [-0.4, -0.2) is 18.9 Å². The molecule has 0 radical (unpaired) electrons. The first-order chi connectivity index (χ1) is 24.1. The molecule has 4 rings (SSSR count). The van der Waals surface area contributed by atoms with Crippen molar-refractivity contribution in [3.05, 3.63) is 24.8 Å². The van der Waals surface area contributed by atoms with Gasteiger partial charge in [0.05, 0.1) is 0 Å². The zero-order chi connectivity index (χ0) is 39.3.